The van der Waals surface area contributed by atoms with Crippen molar-refractivity contribution in [1.29, 1.82) is 0 Å². The molecule has 0 bridgehead atoms. The zero-order valence-corrected chi connectivity index (χ0v) is 30.4. The van der Waals surface area contributed by atoms with E-state index in [9.17, 15) is 22.8 Å². The summed E-state index contributed by atoms with van der Waals surface area (Å²) in [6.07, 6.45) is 0.915. The number of carbonyl (C=O) groups is 3. The van der Waals surface area contributed by atoms with Crippen LogP contribution in [0.2, 0.25) is 0 Å². The summed E-state index contributed by atoms with van der Waals surface area (Å²) in [7, 11) is -3.88. The fourth-order valence-corrected chi connectivity index (χ4v) is 7.55. The lowest BCUT2D eigenvalue weighted by atomic mass is 10.0. The Kier molecular flexibility index (Phi) is 12.4. The van der Waals surface area contributed by atoms with Crippen LogP contribution in [0.15, 0.2) is 83.7 Å². The molecule has 0 unspecified atom stereocenters. The third kappa shape index (κ3) is 10.1. The highest BCUT2D eigenvalue weighted by molar-refractivity contribution is 7.90. The maximum absolute atomic E-state index is 13.9. The standard InChI is InChI=1S/C36H44N8O5S2/c1-23(26-8-5-4-6-9-26)42-35(46)28-16-29(18-33(17-28)44-15-7-14-40-51(44,48)49)36(47)43-31(19-32-21-50-22-39-32)20-38-25(3)34(45)41-24(2)27-10-12-30(37)13-11-27/h4-6,8-13,16-18,21-25,31,38,40H,7,14-15,19-20,37H2,1-3H3,(H,41,45)(H,42,46)(H,43,47)/t23-,24-,25+,31+/m1/s1. The summed E-state index contributed by atoms with van der Waals surface area (Å²) in [5.41, 5.74) is 11.1. The fraction of sp³-hybridized carbons (Fsp3) is 0.333. The molecule has 0 radical (unpaired) electrons. The number of carbonyl (C=O) groups excluding carboxylic acids is 3. The van der Waals surface area contributed by atoms with E-state index >= 15 is 0 Å². The molecule has 0 spiro atoms. The number of nitrogens with two attached hydrogens (primary N) is 1. The van der Waals surface area contributed by atoms with E-state index in [4.69, 9.17) is 5.73 Å². The predicted octanol–water partition coefficient (Wildman–Crippen LogP) is 3.46. The second kappa shape index (κ2) is 16.9. The zero-order chi connectivity index (χ0) is 36.5. The number of nitrogen functional groups attached to an aromatic ring is 1. The van der Waals surface area contributed by atoms with E-state index in [1.807, 2.05) is 61.7 Å². The van der Waals surface area contributed by atoms with Gasteiger partial charge in [-0.25, -0.2) is 4.98 Å². The number of aromatic nitrogens is 1. The maximum atomic E-state index is 13.9. The van der Waals surface area contributed by atoms with Crippen molar-refractivity contribution in [1.82, 2.24) is 31.0 Å². The molecule has 51 heavy (non-hydrogen) atoms. The second-order valence-corrected chi connectivity index (χ2v) is 15.0. The molecule has 270 valence electrons. The lowest BCUT2D eigenvalue weighted by Crippen LogP contribution is -2.50. The number of rotatable bonds is 14. The summed E-state index contributed by atoms with van der Waals surface area (Å²) in [6, 6.07) is 19.4. The van der Waals surface area contributed by atoms with E-state index in [2.05, 4.69) is 31.0 Å². The summed E-state index contributed by atoms with van der Waals surface area (Å²) < 4.78 is 29.7. The summed E-state index contributed by atoms with van der Waals surface area (Å²) in [4.78, 5) is 45.0. The van der Waals surface area contributed by atoms with Gasteiger partial charge in [0.15, 0.2) is 0 Å². The van der Waals surface area contributed by atoms with Gasteiger partial charge in [0.1, 0.15) is 0 Å². The first-order valence-electron chi connectivity index (χ1n) is 16.7. The monoisotopic (exact) mass is 732 g/mol. The van der Waals surface area contributed by atoms with Crippen LogP contribution in [0.5, 0.6) is 0 Å². The number of anilines is 2. The van der Waals surface area contributed by atoms with Crippen molar-refractivity contribution in [2.45, 2.75) is 57.8 Å². The molecule has 3 aromatic carbocycles. The highest BCUT2D eigenvalue weighted by Gasteiger charge is 2.28. The number of nitrogens with one attached hydrogen (secondary N) is 5. The molecule has 13 nitrogen and oxygen atoms in total. The van der Waals surface area contributed by atoms with Gasteiger partial charge in [0.05, 0.1) is 35.0 Å². The molecule has 5 rings (SSSR count). The normalized spacial score (nSPS) is 16.3. The van der Waals surface area contributed by atoms with Crippen LogP contribution < -0.4 is 36.0 Å². The van der Waals surface area contributed by atoms with E-state index in [1.54, 1.807) is 24.6 Å². The van der Waals surface area contributed by atoms with Gasteiger partial charge in [-0.15, -0.1) is 11.3 Å². The van der Waals surface area contributed by atoms with Crippen LogP contribution in [0.1, 0.15) is 76.8 Å². The number of amides is 3. The number of thiazole rings is 1. The van der Waals surface area contributed by atoms with Crippen LogP contribution in [0, 0.1) is 0 Å². The number of nitrogens with zero attached hydrogens (tertiary/aromatic N) is 2. The van der Waals surface area contributed by atoms with E-state index in [-0.39, 0.29) is 47.9 Å². The molecule has 4 atom stereocenters. The van der Waals surface area contributed by atoms with Gasteiger partial charge >= 0.3 is 10.2 Å². The Morgan fingerprint density at radius 2 is 1.55 bits per heavy atom. The first-order valence-corrected chi connectivity index (χ1v) is 19.1. The van der Waals surface area contributed by atoms with Gasteiger partial charge in [-0.1, -0.05) is 42.5 Å². The van der Waals surface area contributed by atoms with Crippen molar-refractivity contribution in [2.75, 3.05) is 29.7 Å². The van der Waals surface area contributed by atoms with E-state index in [1.165, 1.54) is 33.8 Å². The molecule has 0 saturated carbocycles. The number of benzene rings is 3. The zero-order valence-electron chi connectivity index (χ0n) is 28.8. The van der Waals surface area contributed by atoms with Crippen LogP contribution in [-0.4, -0.2) is 62.8 Å². The van der Waals surface area contributed by atoms with E-state index in [0.29, 0.717) is 25.1 Å². The number of hydrogen-bond acceptors (Lipinski definition) is 9. The second-order valence-electron chi connectivity index (χ2n) is 12.6. The smallest absolute Gasteiger partial charge is 0.301 e. The van der Waals surface area contributed by atoms with Crippen LogP contribution >= 0.6 is 11.3 Å². The van der Waals surface area contributed by atoms with Crippen molar-refractivity contribution in [3.63, 3.8) is 0 Å². The van der Waals surface area contributed by atoms with E-state index in [0.717, 1.165) is 16.8 Å². The topological polar surface area (TPSA) is 188 Å². The van der Waals surface area contributed by atoms with Gasteiger partial charge < -0.3 is 27.0 Å². The van der Waals surface area contributed by atoms with Gasteiger partial charge in [-0.2, -0.15) is 13.1 Å². The summed E-state index contributed by atoms with van der Waals surface area (Å²) >= 11 is 1.43. The van der Waals surface area contributed by atoms with Crippen molar-refractivity contribution >= 4 is 50.6 Å². The largest absolute Gasteiger partial charge is 0.399 e. The minimum absolute atomic E-state index is 0.108. The molecule has 3 amide bonds. The minimum Gasteiger partial charge on any atom is -0.399 e. The maximum Gasteiger partial charge on any atom is 0.301 e. The van der Waals surface area contributed by atoms with Crippen LogP contribution in [0.3, 0.4) is 0 Å². The van der Waals surface area contributed by atoms with Crippen LogP contribution in [0.4, 0.5) is 11.4 Å². The molecule has 4 aromatic rings. The van der Waals surface area contributed by atoms with Gasteiger partial charge in [0, 0.05) is 54.3 Å². The molecule has 7 N–H and O–H groups in total. The molecule has 1 aliphatic rings. The molecule has 2 heterocycles. The van der Waals surface area contributed by atoms with Gasteiger partial charge in [-0.05, 0) is 68.7 Å². The quantitative estimate of drug-likeness (QED) is 0.106. The highest BCUT2D eigenvalue weighted by atomic mass is 32.2. The average molecular weight is 733 g/mol. The lowest BCUT2D eigenvalue weighted by molar-refractivity contribution is -0.123. The lowest BCUT2D eigenvalue weighted by Gasteiger charge is -2.29. The average Bonchev–Trinajstić information content (AvgIpc) is 3.63. The third-order valence-corrected chi connectivity index (χ3v) is 10.8. The summed E-state index contributed by atoms with van der Waals surface area (Å²) in [5, 5.41) is 14.1. The molecule has 1 aliphatic heterocycles. The predicted molar refractivity (Wildman–Crippen MR) is 200 cm³/mol. The van der Waals surface area contributed by atoms with E-state index < -0.39 is 34.1 Å². The minimum atomic E-state index is -3.88. The summed E-state index contributed by atoms with van der Waals surface area (Å²) in [5.74, 6) is -1.19. The van der Waals surface area contributed by atoms with Crippen molar-refractivity contribution in [2.24, 2.45) is 0 Å². The number of hydrogen-bond donors (Lipinski definition) is 6. The summed E-state index contributed by atoms with van der Waals surface area (Å²) in [6.45, 7) is 6.18. The fourth-order valence-electron chi connectivity index (χ4n) is 5.66. The van der Waals surface area contributed by atoms with Crippen molar-refractivity contribution in [3.8, 4) is 0 Å². The van der Waals surface area contributed by atoms with Crippen molar-refractivity contribution < 1.29 is 22.8 Å². The van der Waals surface area contributed by atoms with Crippen LogP contribution in [0.25, 0.3) is 0 Å². The van der Waals surface area contributed by atoms with Crippen molar-refractivity contribution in [3.05, 3.63) is 112 Å². The van der Waals surface area contributed by atoms with Gasteiger partial charge in [0.2, 0.25) is 5.91 Å². The van der Waals surface area contributed by atoms with Crippen LogP contribution in [-0.2, 0) is 21.4 Å². The molecule has 0 aliphatic carbocycles. The Bertz CT molecular complexity index is 1910. The Morgan fingerprint density at radius 1 is 0.902 bits per heavy atom. The Morgan fingerprint density at radius 3 is 2.20 bits per heavy atom. The Labute approximate surface area is 302 Å². The first kappa shape index (κ1) is 37.4. The Hall–Kier alpha value is -4.83. The molecule has 1 fully saturated rings. The van der Waals surface area contributed by atoms with Gasteiger partial charge in [0.25, 0.3) is 11.8 Å². The molecular formula is C36H44N8O5S2. The molecular weight excluding hydrogens is 689 g/mol. The Balaban J connectivity index is 1.34. The first-order chi connectivity index (χ1) is 24.4. The third-order valence-electron chi connectivity index (χ3n) is 8.62. The molecule has 1 aromatic heterocycles. The SMILES string of the molecule is C[C@H](NC[C@H](Cc1cscn1)NC(=O)c1cc(C(=O)N[C@H](C)c2ccccc2)cc(N2CCCNS2(=O)=O)c1)C(=O)N[C@H](C)c1ccc(N)cc1. The molecule has 1 saturated heterocycles. The van der Waals surface area contributed by atoms with Gasteiger partial charge in [-0.3, -0.25) is 18.7 Å². The highest BCUT2D eigenvalue weighted by Crippen LogP contribution is 2.25. The molecule has 15 heteroatoms.